The van der Waals surface area contributed by atoms with Gasteiger partial charge in [-0.05, 0) is 12.1 Å². The molecule has 7 heteroatoms. The highest BCUT2D eigenvalue weighted by Crippen LogP contribution is 2.35. The van der Waals surface area contributed by atoms with Crippen LogP contribution in [0.25, 0.3) is 10.9 Å². The second kappa shape index (κ2) is 4.36. The third kappa shape index (κ3) is 1.93. The van der Waals surface area contributed by atoms with E-state index in [1.807, 2.05) is 0 Å². The van der Waals surface area contributed by atoms with E-state index < -0.39 is 10.7 Å². The molecular weight excluding hydrogens is 250 g/mol. The highest BCUT2D eigenvalue weighted by molar-refractivity contribution is 5.96. The van der Waals surface area contributed by atoms with Gasteiger partial charge in [0.15, 0.2) is 0 Å². The summed E-state index contributed by atoms with van der Waals surface area (Å²) in [5.74, 6) is -0.406. The predicted molar refractivity (Wildman–Crippen MR) is 68.3 cm³/mol. The van der Waals surface area contributed by atoms with E-state index in [1.54, 1.807) is 12.1 Å². The van der Waals surface area contributed by atoms with Crippen molar-refractivity contribution in [3.63, 3.8) is 0 Å². The number of pyridine rings is 1. The third-order valence-electron chi connectivity index (χ3n) is 3.06. The number of hydrogen-bond acceptors (Lipinski definition) is 6. The summed E-state index contributed by atoms with van der Waals surface area (Å²) in [5.41, 5.74) is 0.659. The SMILES string of the molecule is O=[N+]([O-])c1ccc2c(NC3COC3)ccnc2c1O. The first-order valence-corrected chi connectivity index (χ1v) is 5.76. The lowest BCUT2D eigenvalue weighted by Crippen LogP contribution is -2.40. The Kier molecular flexibility index (Phi) is 2.68. The van der Waals surface area contributed by atoms with E-state index in [0.717, 1.165) is 5.69 Å². The van der Waals surface area contributed by atoms with Gasteiger partial charge in [0.2, 0.25) is 5.75 Å². The topological polar surface area (TPSA) is 97.5 Å². The van der Waals surface area contributed by atoms with Gasteiger partial charge in [-0.15, -0.1) is 0 Å². The van der Waals surface area contributed by atoms with Gasteiger partial charge in [0.05, 0.1) is 24.2 Å². The van der Waals surface area contributed by atoms with Gasteiger partial charge in [-0.3, -0.25) is 15.1 Å². The number of hydrogen-bond donors (Lipinski definition) is 2. The molecule has 0 atom stereocenters. The first kappa shape index (κ1) is 11.7. The maximum Gasteiger partial charge on any atom is 0.313 e. The maximum absolute atomic E-state index is 10.8. The van der Waals surface area contributed by atoms with Crippen LogP contribution in [0.15, 0.2) is 24.4 Å². The van der Waals surface area contributed by atoms with Crippen LogP contribution in [-0.4, -0.2) is 34.3 Å². The van der Waals surface area contributed by atoms with Gasteiger partial charge in [-0.1, -0.05) is 0 Å². The van der Waals surface area contributed by atoms with Gasteiger partial charge < -0.3 is 15.2 Å². The molecule has 1 aliphatic heterocycles. The number of benzene rings is 1. The van der Waals surface area contributed by atoms with Crippen molar-refractivity contribution < 1.29 is 14.8 Å². The van der Waals surface area contributed by atoms with Crippen molar-refractivity contribution >= 4 is 22.3 Å². The molecule has 0 unspecified atom stereocenters. The van der Waals surface area contributed by atoms with Crippen LogP contribution in [0.4, 0.5) is 11.4 Å². The molecule has 1 aromatic carbocycles. The highest BCUT2D eigenvalue weighted by Gasteiger charge is 2.21. The second-order valence-electron chi connectivity index (χ2n) is 4.32. The Balaban J connectivity index is 2.10. The number of fused-ring (bicyclic) bond motifs is 1. The number of nitrogens with zero attached hydrogens (tertiary/aromatic N) is 2. The molecule has 2 aromatic rings. The van der Waals surface area contributed by atoms with E-state index in [9.17, 15) is 15.2 Å². The number of anilines is 1. The lowest BCUT2D eigenvalue weighted by atomic mass is 10.1. The largest absolute Gasteiger partial charge is 0.501 e. The number of nitro benzene ring substituents is 1. The Labute approximate surface area is 108 Å². The molecule has 98 valence electrons. The molecule has 2 N–H and O–H groups in total. The number of phenols is 1. The van der Waals surface area contributed by atoms with E-state index in [1.165, 1.54) is 12.3 Å². The first-order chi connectivity index (χ1) is 9.16. The number of ether oxygens (including phenoxy) is 1. The second-order valence-corrected chi connectivity index (χ2v) is 4.32. The van der Waals surface area contributed by atoms with Crippen LogP contribution >= 0.6 is 0 Å². The first-order valence-electron chi connectivity index (χ1n) is 5.76. The average molecular weight is 261 g/mol. The molecule has 2 heterocycles. The zero-order valence-corrected chi connectivity index (χ0v) is 9.87. The summed E-state index contributed by atoms with van der Waals surface area (Å²) in [5, 5.41) is 24.6. The van der Waals surface area contributed by atoms with Crippen molar-refractivity contribution in [2.45, 2.75) is 6.04 Å². The number of aromatic hydroxyl groups is 1. The smallest absolute Gasteiger partial charge is 0.313 e. The van der Waals surface area contributed by atoms with Crippen molar-refractivity contribution in [2.24, 2.45) is 0 Å². The van der Waals surface area contributed by atoms with Crippen LogP contribution in [-0.2, 0) is 4.74 Å². The summed E-state index contributed by atoms with van der Waals surface area (Å²) in [6.07, 6.45) is 1.51. The standard InChI is InChI=1S/C12H11N3O4/c16-12-10(15(17)18)2-1-8-9(3-4-13-11(8)12)14-7-5-19-6-7/h1-4,7,16H,5-6H2,(H,13,14). The number of nitro groups is 1. The summed E-state index contributed by atoms with van der Waals surface area (Å²) >= 11 is 0. The van der Waals surface area contributed by atoms with Crippen molar-refractivity contribution in [2.75, 3.05) is 18.5 Å². The molecule has 1 fully saturated rings. The van der Waals surface area contributed by atoms with Crippen molar-refractivity contribution in [3.8, 4) is 5.75 Å². The lowest BCUT2D eigenvalue weighted by Gasteiger charge is -2.28. The van der Waals surface area contributed by atoms with Crippen LogP contribution in [0.3, 0.4) is 0 Å². The van der Waals surface area contributed by atoms with Gasteiger partial charge >= 0.3 is 5.69 Å². The molecular formula is C12H11N3O4. The summed E-state index contributed by atoms with van der Waals surface area (Å²) in [6, 6.07) is 4.86. The zero-order valence-electron chi connectivity index (χ0n) is 9.87. The van der Waals surface area contributed by atoms with E-state index >= 15 is 0 Å². The quantitative estimate of drug-likeness (QED) is 0.644. The van der Waals surface area contributed by atoms with Crippen LogP contribution in [0, 0.1) is 10.1 Å². The summed E-state index contributed by atoms with van der Waals surface area (Å²) < 4.78 is 5.08. The molecule has 0 saturated carbocycles. The molecule has 0 spiro atoms. The number of rotatable bonds is 3. The summed E-state index contributed by atoms with van der Waals surface area (Å²) in [4.78, 5) is 14.2. The van der Waals surface area contributed by atoms with Crippen LogP contribution < -0.4 is 5.32 Å². The van der Waals surface area contributed by atoms with Crippen LogP contribution in [0.2, 0.25) is 0 Å². The number of nitrogens with one attached hydrogen (secondary N) is 1. The Morgan fingerprint density at radius 2 is 2.21 bits per heavy atom. The zero-order chi connectivity index (χ0) is 13.4. The fourth-order valence-electron chi connectivity index (χ4n) is 2.01. The third-order valence-corrected chi connectivity index (χ3v) is 3.06. The monoisotopic (exact) mass is 261 g/mol. The minimum atomic E-state index is -0.629. The van der Waals surface area contributed by atoms with Gasteiger partial charge in [-0.2, -0.15) is 0 Å². The normalized spacial score (nSPS) is 15.2. The minimum absolute atomic E-state index is 0.222. The molecule has 1 aliphatic rings. The van der Waals surface area contributed by atoms with Crippen LogP contribution in [0.5, 0.6) is 5.75 Å². The van der Waals surface area contributed by atoms with E-state index in [4.69, 9.17) is 4.74 Å². The maximum atomic E-state index is 10.8. The average Bonchev–Trinajstić information content (AvgIpc) is 2.34. The fraction of sp³-hybridized carbons (Fsp3) is 0.250. The van der Waals surface area contributed by atoms with E-state index in [2.05, 4.69) is 10.3 Å². The van der Waals surface area contributed by atoms with Crippen molar-refractivity contribution in [1.82, 2.24) is 4.98 Å². The molecule has 0 aliphatic carbocycles. The van der Waals surface area contributed by atoms with E-state index in [-0.39, 0.29) is 17.2 Å². The molecule has 0 radical (unpaired) electrons. The van der Waals surface area contributed by atoms with Gasteiger partial charge in [0.25, 0.3) is 0 Å². The van der Waals surface area contributed by atoms with Gasteiger partial charge in [-0.25, -0.2) is 0 Å². The molecule has 3 rings (SSSR count). The highest BCUT2D eigenvalue weighted by atomic mass is 16.6. The molecule has 19 heavy (non-hydrogen) atoms. The Morgan fingerprint density at radius 1 is 1.42 bits per heavy atom. The predicted octanol–water partition coefficient (Wildman–Crippen LogP) is 1.66. The molecule has 0 amide bonds. The lowest BCUT2D eigenvalue weighted by molar-refractivity contribution is -0.385. The molecule has 7 nitrogen and oxygen atoms in total. The van der Waals surface area contributed by atoms with Crippen molar-refractivity contribution in [1.29, 1.82) is 0 Å². The van der Waals surface area contributed by atoms with Gasteiger partial charge in [0, 0.05) is 23.3 Å². The Morgan fingerprint density at radius 3 is 2.84 bits per heavy atom. The fourth-order valence-corrected chi connectivity index (χ4v) is 2.01. The minimum Gasteiger partial charge on any atom is -0.501 e. The summed E-state index contributed by atoms with van der Waals surface area (Å²) in [6.45, 7) is 1.26. The number of phenolic OH excluding ortho intramolecular Hbond substituents is 1. The molecule has 0 bridgehead atoms. The van der Waals surface area contributed by atoms with Crippen LogP contribution in [0.1, 0.15) is 0 Å². The van der Waals surface area contributed by atoms with Crippen molar-refractivity contribution in [3.05, 3.63) is 34.5 Å². The molecule has 1 aromatic heterocycles. The summed E-state index contributed by atoms with van der Waals surface area (Å²) in [7, 11) is 0. The number of aromatic nitrogens is 1. The Bertz CT molecular complexity index is 655. The van der Waals surface area contributed by atoms with E-state index in [0.29, 0.717) is 18.6 Å². The molecule has 1 saturated heterocycles. The van der Waals surface area contributed by atoms with Gasteiger partial charge in [0.1, 0.15) is 5.52 Å². The Hall–Kier alpha value is -2.41.